The minimum absolute atomic E-state index is 0.0915. The molecule has 14 heavy (non-hydrogen) atoms. The second kappa shape index (κ2) is 7.25. The molecule has 1 atom stereocenters. The second-order valence-corrected chi connectivity index (χ2v) is 2.53. The van der Waals surface area contributed by atoms with Gasteiger partial charge >= 0.3 is 5.97 Å². The number of carboxylic acid groups (broad SMARTS) is 1. The van der Waals surface area contributed by atoms with Gasteiger partial charge in [-0.2, -0.15) is 0 Å². The molecule has 4 N–H and O–H groups in total. The van der Waals surface area contributed by atoms with E-state index >= 15 is 0 Å². The van der Waals surface area contributed by atoms with Crippen LogP contribution in [-0.4, -0.2) is 59.7 Å². The van der Waals surface area contributed by atoms with Gasteiger partial charge in [-0.1, -0.05) is 0 Å². The lowest BCUT2D eigenvalue weighted by Crippen LogP contribution is -2.36. The van der Waals surface area contributed by atoms with Crippen LogP contribution >= 0.6 is 0 Å². The maximum atomic E-state index is 10.8. The Hall–Kier alpha value is -1.18. The molecule has 0 radical (unpaired) electrons. The third-order valence-corrected chi connectivity index (χ3v) is 1.20. The average Bonchev–Trinajstić information content (AvgIpc) is 2.13. The van der Waals surface area contributed by atoms with Gasteiger partial charge in [-0.25, -0.2) is 4.79 Å². The molecule has 0 aromatic heterocycles. The lowest BCUT2D eigenvalue weighted by atomic mass is 10.4. The largest absolute Gasteiger partial charge is 0.480 e. The third kappa shape index (κ3) is 7.47. The monoisotopic (exact) mass is 207 g/mol. The molecular weight excluding hydrogens is 194 g/mol. The van der Waals surface area contributed by atoms with Gasteiger partial charge in [-0.15, -0.1) is 0 Å². The number of hydrogen-bond acceptors (Lipinski definition) is 5. The van der Waals surface area contributed by atoms with Crippen molar-refractivity contribution in [2.75, 3.05) is 26.4 Å². The smallest absolute Gasteiger partial charge is 0.329 e. The molecule has 0 aliphatic carbocycles. The minimum atomic E-state index is -1.16. The van der Waals surface area contributed by atoms with Crippen LogP contribution < -0.4 is 5.32 Å². The predicted molar refractivity (Wildman–Crippen MR) is 44.6 cm³/mol. The minimum Gasteiger partial charge on any atom is -0.480 e. The zero-order valence-electron chi connectivity index (χ0n) is 7.47. The lowest BCUT2D eigenvalue weighted by Gasteiger charge is -2.08. The summed E-state index contributed by atoms with van der Waals surface area (Å²) >= 11 is 0. The van der Waals surface area contributed by atoms with Gasteiger partial charge in [0.15, 0.2) is 0 Å². The van der Waals surface area contributed by atoms with Crippen LogP contribution in [0.15, 0.2) is 0 Å². The Balaban J connectivity index is 3.41. The molecule has 0 bridgehead atoms. The van der Waals surface area contributed by atoms with Gasteiger partial charge in [0.1, 0.15) is 13.2 Å². The number of aliphatic hydroxyl groups excluding tert-OH is 2. The maximum absolute atomic E-state index is 10.8. The summed E-state index contributed by atoms with van der Waals surface area (Å²) in [6.07, 6.45) is -1.02. The Kier molecular flexibility index (Phi) is 6.63. The Morgan fingerprint density at radius 2 is 2.00 bits per heavy atom. The van der Waals surface area contributed by atoms with Gasteiger partial charge in [0.25, 0.3) is 0 Å². The number of carboxylic acids is 1. The molecular formula is C7H13NO6. The van der Waals surface area contributed by atoms with Crippen LogP contribution in [0.2, 0.25) is 0 Å². The van der Waals surface area contributed by atoms with Crippen LogP contribution in [0.1, 0.15) is 0 Å². The van der Waals surface area contributed by atoms with E-state index in [1.54, 1.807) is 0 Å². The van der Waals surface area contributed by atoms with Gasteiger partial charge in [0.2, 0.25) is 5.91 Å². The fraction of sp³-hybridized carbons (Fsp3) is 0.714. The van der Waals surface area contributed by atoms with Crippen molar-refractivity contribution in [2.24, 2.45) is 0 Å². The van der Waals surface area contributed by atoms with E-state index in [4.69, 9.17) is 15.3 Å². The number of carbonyl (C=O) groups excluding carboxylic acids is 1. The summed E-state index contributed by atoms with van der Waals surface area (Å²) in [4.78, 5) is 20.8. The lowest BCUT2D eigenvalue weighted by molar-refractivity contribution is -0.143. The number of hydrogen-bond donors (Lipinski definition) is 4. The first-order valence-corrected chi connectivity index (χ1v) is 3.91. The van der Waals surface area contributed by atoms with Crippen LogP contribution in [-0.2, 0) is 14.3 Å². The van der Waals surface area contributed by atoms with Crippen LogP contribution in [0.5, 0.6) is 0 Å². The molecule has 0 aromatic carbocycles. The van der Waals surface area contributed by atoms with Crippen LogP contribution in [0.25, 0.3) is 0 Å². The molecule has 0 aliphatic heterocycles. The Morgan fingerprint density at radius 3 is 2.50 bits per heavy atom. The van der Waals surface area contributed by atoms with Crippen molar-refractivity contribution in [3.05, 3.63) is 0 Å². The van der Waals surface area contributed by atoms with Gasteiger partial charge in [-0.3, -0.25) is 4.79 Å². The quantitative estimate of drug-likeness (QED) is 0.368. The second-order valence-electron chi connectivity index (χ2n) is 2.53. The topological polar surface area (TPSA) is 116 Å². The van der Waals surface area contributed by atoms with E-state index in [9.17, 15) is 9.59 Å². The maximum Gasteiger partial charge on any atom is 0.329 e. The number of ether oxygens (including phenoxy) is 1. The molecule has 82 valence electrons. The van der Waals surface area contributed by atoms with Crippen LogP contribution in [0.4, 0.5) is 0 Å². The van der Waals surface area contributed by atoms with Crippen molar-refractivity contribution in [3.63, 3.8) is 0 Å². The highest BCUT2D eigenvalue weighted by atomic mass is 16.5. The number of aliphatic carboxylic acids is 1. The van der Waals surface area contributed by atoms with Gasteiger partial charge < -0.3 is 25.4 Å². The Morgan fingerprint density at radius 1 is 1.36 bits per heavy atom. The first-order valence-electron chi connectivity index (χ1n) is 3.91. The van der Waals surface area contributed by atoms with Crippen molar-refractivity contribution in [2.45, 2.75) is 6.10 Å². The summed E-state index contributed by atoms with van der Waals surface area (Å²) in [7, 11) is 0. The fourth-order valence-electron chi connectivity index (χ4n) is 0.578. The molecule has 0 fully saturated rings. The van der Waals surface area contributed by atoms with Gasteiger partial charge in [0, 0.05) is 6.54 Å². The zero-order valence-corrected chi connectivity index (χ0v) is 7.47. The highest BCUT2D eigenvalue weighted by Crippen LogP contribution is 1.79. The number of carbonyl (C=O) groups is 2. The Labute approximate surface area is 80.3 Å². The van der Waals surface area contributed by atoms with E-state index in [2.05, 4.69) is 10.1 Å². The van der Waals surface area contributed by atoms with Gasteiger partial charge in [0.05, 0.1) is 12.7 Å². The van der Waals surface area contributed by atoms with E-state index in [1.165, 1.54) is 0 Å². The molecule has 0 aliphatic rings. The first-order chi connectivity index (χ1) is 6.56. The van der Waals surface area contributed by atoms with E-state index < -0.39 is 31.2 Å². The van der Waals surface area contributed by atoms with E-state index in [0.29, 0.717) is 0 Å². The molecule has 1 amide bonds. The Bertz CT molecular complexity index is 195. The first kappa shape index (κ1) is 12.8. The molecule has 0 saturated heterocycles. The fourth-order valence-corrected chi connectivity index (χ4v) is 0.578. The molecule has 0 aromatic rings. The summed E-state index contributed by atoms with van der Waals surface area (Å²) < 4.78 is 4.47. The molecule has 0 saturated carbocycles. The van der Waals surface area contributed by atoms with Crippen LogP contribution in [0, 0.1) is 0 Å². The summed E-state index contributed by atoms with van der Waals surface area (Å²) in [6, 6.07) is 0. The summed E-state index contributed by atoms with van der Waals surface area (Å²) in [5.41, 5.74) is 0. The summed E-state index contributed by atoms with van der Waals surface area (Å²) in [6.45, 7) is -1.47. The standard InChI is InChI=1S/C7H13NO6/c9-2-5(10)1-8-6(11)3-14-4-7(12)13/h5,9-10H,1-4H2,(H,8,11)(H,12,13). The molecule has 0 heterocycles. The number of nitrogens with one attached hydrogen (secondary N) is 1. The van der Waals surface area contributed by atoms with E-state index in [0.717, 1.165) is 0 Å². The van der Waals surface area contributed by atoms with Crippen molar-refractivity contribution >= 4 is 11.9 Å². The van der Waals surface area contributed by atoms with Crippen molar-refractivity contribution in [1.82, 2.24) is 5.32 Å². The highest BCUT2D eigenvalue weighted by molar-refractivity contribution is 5.77. The summed E-state index contributed by atoms with van der Waals surface area (Å²) in [5.74, 6) is -1.70. The van der Waals surface area contributed by atoms with Crippen molar-refractivity contribution in [1.29, 1.82) is 0 Å². The molecule has 0 rings (SSSR count). The molecule has 7 nitrogen and oxygen atoms in total. The molecule has 1 unspecified atom stereocenters. The third-order valence-electron chi connectivity index (χ3n) is 1.20. The van der Waals surface area contributed by atoms with E-state index in [1.807, 2.05) is 0 Å². The summed E-state index contributed by atoms with van der Waals surface area (Å²) in [5, 5.41) is 27.6. The van der Waals surface area contributed by atoms with Crippen molar-refractivity contribution < 1.29 is 29.6 Å². The van der Waals surface area contributed by atoms with Gasteiger partial charge in [-0.05, 0) is 0 Å². The predicted octanol–water partition coefficient (Wildman–Crippen LogP) is -2.44. The number of aliphatic hydroxyl groups is 2. The number of amides is 1. The SMILES string of the molecule is O=C(O)COCC(=O)NCC(O)CO. The zero-order chi connectivity index (χ0) is 11.0. The average molecular weight is 207 g/mol. The number of rotatable bonds is 7. The molecule has 0 spiro atoms. The highest BCUT2D eigenvalue weighted by Gasteiger charge is 2.06. The van der Waals surface area contributed by atoms with E-state index in [-0.39, 0.29) is 13.2 Å². The van der Waals surface area contributed by atoms with Crippen molar-refractivity contribution in [3.8, 4) is 0 Å². The normalized spacial score (nSPS) is 12.1. The van der Waals surface area contributed by atoms with Crippen LogP contribution in [0.3, 0.4) is 0 Å². The molecule has 7 heteroatoms.